The molecule has 2 atom stereocenters. The van der Waals surface area contributed by atoms with E-state index < -0.39 is 6.04 Å². The third kappa shape index (κ3) is 7.67. The van der Waals surface area contributed by atoms with Crippen LogP contribution in [0.25, 0.3) is 0 Å². The van der Waals surface area contributed by atoms with Gasteiger partial charge in [-0.25, -0.2) is 0 Å². The number of nitrogens with one attached hydrogen (secondary N) is 2. The van der Waals surface area contributed by atoms with Gasteiger partial charge in [0.2, 0.25) is 11.8 Å². The van der Waals surface area contributed by atoms with Crippen LogP contribution < -0.4 is 10.6 Å². The van der Waals surface area contributed by atoms with Crippen LogP contribution in [-0.2, 0) is 22.6 Å². The Balaban J connectivity index is 1.04. The van der Waals surface area contributed by atoms with Gasteiger partial charge in [-0.05, 0) is 80.4 Å². The van der Waals surface area contributed by atoms with E-state index in [-0.39, 0.29) is 23.4 Å². The molecule has 2 aromatic rings. The number of fused-ring (bicyclic) bond motifs is 1. The first-order valence-corrected chi connectivity index (χ1v) is 17.4. The zero-order valence-electron chi connectivity index (χ0n) is 26.4. The Hall–Kier alpha value is -2.45. The molecular weight excluding hydrogens is 570 g/mol. The summed E-state index contributed by atoms with van der Waals surface area (Å²) in [4.78, 5) is 34.6. The molecule has 0 bridgehead atoms. The van der Waals surface area contributed by atoms with Crippen LogP contribution in [0.3, 0.4) is 0 Å². The van der Waals surface area contributed by atoms with E-state index in [4.69, 9.17) is 11.6 Å². The van der Waals surface area contributed by atoms with E-state index in [1.807, 2.05) is 41.3 Å². The van der Waals surface area contributed by atoms with Gasteiger partial charge in [0.25, 0.3) is 0 Å². The van der Waals surface area contributed by atoms with E-state index in [1.165, 1.54) is 75.7 Å². The molecule has 8 heteroatoms. The van der Waals surface area contributed by atoms with Gasteiger partial charge in [0, 0.05) is 68.7 Å². The maximum atomic E-state index is 14.0. The zero-order valence-corrected chi connectivity index (χ0v) is 27.2. The molecule has 3 heterocycles. The van der Waals surface area contributed by atoms with Crippen molar-refractivity contribution in [2.45, 2.75) is 88.9 Å². The number of hydrogen-bond donors (Lipinski definition) is 2. The highest BCUT2D eigenvalue weighted by atomic mass is 35.5. The molecule has 2 amide bonds. The first-order valence-electron chi connectivity index (χ1n) is 17.0. The number of piperidine rings is 1. The van der Waals surface area contributed by atoms with E-state index in [0.29, 0.717) is 31.0 Å². The second kappa shape index (κ2) is 14.3. The number of benzene rings is 2. The van der Waals surface area contributed by atoms with Crippen molar-refractivity contribution >= 4 is 23.4 Å². The average Bonchev–Trinajstić information content (AvgIpc) is 3.45. The molecule has 1 saturated carbocycles. The first-order chi connectivity index (χ1) is 21.4. The van der Waals surface area contributed by atoms with Gasteiger partial charge in [-0.2, -0.15) is 0 Å². The van der Waals surface area contributed by atoms with Crippen LogP contribution in [0.2, 0.25) is 5.02 Å². The maximum Gasteiger partial charge on any atom is 0.245 e. The van der Waals surface area contributed by atoms with Gasteiger partial charge in [-0.15, -0.1) is 0 Å². The maximum absolute atomic E-state index is 14.0. The minimum Gasteiger partial charge on any atom is -0.344 e. The van der Waals surface area contributed by atoms with Crippen molar-refractivity contribution in [3.05, 3.63) is 70.2 Å². The number of hydrogen-bond acceptors (Lipinski definition) is 5. The van der Waals surface area contributed by atoms with Crippen LogP contribution >= 0.6 is 11.6 Å². The van der Waals surface area contributed by atoms with Gasteiger partial charge in [0.05, 0.1) is 0 Å². The molecule has 0 aromatic heterocycles. The Labute approximate surface area is 268 Å². The predicted octanol–water partition coefficient (Wildman–Crippen LogP) is 5.18. The zero-order chi connectivity index (χ0) is 30.5. The minimum absolute atomic E-state index is 0.0141. The number of rotatable bonds is 9. The number of piperazine rings is 1. The van der Waals surface area contributed by atoms with Crippen LogP contribution in [0.1, 0.15) is 81.0 Å². The van der Waals surface area contributed by atoms with Crippen LogP contribution in [0, 0.1) is 5.92 Å². The van der Waals surface area contributed by atoms with Crippen molar-refractivity contribution in [2.75, 3.05) is 45.8 Å². The predicted molar refractivity (Wildman–Crippen MR) is 177 cm³/mol. The molecule has 0 radical (unpaired) electrons. The molecule has 3 aliphatic heterocycles. The molecule has 4 aliphatic rings. The molecule has 1 aliphatic carbocycles. The number of nitrogens with zero attached hydrogens (tertiary/aromatic N) is 3. The van der Waals surface area contributed by atoms with Gasteiger partial charge >= 0.3 is 0 Å². The normalized spacial score (nSPS) is 23.7. The molecule has 44 heavy (non-hydrogen) atoms. The van der Waals surface area contributed by atoms with Crippen molar-refractivity contribution in [2.24, 2.45) is 5.92 Å². The minimum atomic E-state index is -0.606. The number of carbonyl (C=O) groups is 2. The highest BCUT2D eigenvalue weighted by Gasteiger charge is 2.39. The van der Waals surface area contributed by atoms with Gasteiger partial charge < -0.3 is 20.4 Å². The lowest BCUT2D eigenvalue weighted by Gasteiger charge is -2.50. The molecule has 2 N–H and O–H groups in total. The average molecular weight is 620 g/mol. The fraction of sp³-hybridized carbons (Fsp3) is 0.611. The number of halogens is 1. The van der Waals surface area contributed by atoms with Crippen LogP contribution in [-0.4, -0.2) is 83.9 Å². The quantitative estimate of drug-likeness (QED) is 0.405. The second-order valence-corrected chi connectivity index (χ2v) is 14.3. The summed E-state index contributed by atoms with van der Waals surface area (Å²) in [6, 6.07) is 15.2. The van der Waals surface area contributed by atoms with E-state index >= 15 is 0 Å². The summed E-state index contributed by atoms with van der Waals surface area (Å²) in [6.07, 6.45) is 10.2. The SMILES string of the molecule is CC1(N2CCN(C(=O)[C@@H](Cc3ccc(Cl)cc3)NC(=O)CC3NCc4ccccc43)CC2)CCN(CC2CCCCC2)CC1. The molecule has 2 saturated heterocycles. The standard InChI is InChI=1S/C36H50ClN5O2/c1-36(15-17-40(18-16-36)26-28-7-3-2-4-8-28)42-21-19-41(20-22-42)35(44)33(23-27-11-13-30(37)14-12-27)39-34(43)24-32-31-10-6-5-9-29(31)25-38-32/h5-6,9-14,28,32-33,38H,2-4,7-8,15-26H2,1H3,(H,39,43)/t32?,33-/m1/s1. The van der Waals surface area contributed by atoms with Crippen LogP contribution in [0.4, 0.5) is 0 Å². The lowest BCUT2D eigenvalue weighted by atomic mass is 9.85. The van der Waals surface area contributed by atoms with E-state index in [2.05, 4.69) is 39.5 Å². The summed E-state index contributed by atoms with van der Waals surface area (Å²) in [5.74, 6) is 0.812. The Morgan fingerprint density at radius 2 is 1.66 bits per heavy atom. The number of carbonyl (C=O) groups excluding carboxylic acids is 2. The summed E-state index contributed by atoms with van der Waals surface area (Å²) >= 11 is 6.13. The van der Waals surface area contributed by atoms with E-state index in [9.17, 15) is 9.59 Å². The molecular formula is C36H50ClN5O2. The monoisotopic (exact) mass is 619 g/mol. The third-order valence-corrected chi connectivity index (χ3v) is 11.1. The Bertz CT molecular complexity index is 1260. The van der Waals surface area contributed by atoms with Crippen LogP contribution in [0.5, 0.6) is 0 Å². The third-order valence-electron chi connectivity index (χ3n) is 10.9. The Morgan fingerprint density at radius 1 is 0.955 bits per heavy atom. The fourth-order valence-electron chi connectivity index (χ4n) is 8.01. The molecule has 0 spiro atoms. The van der Waals surface area contributed by atoms with Gasteiger partial charge in [-0.3, -0.25) is 14.5 Å². The van der Waals surface area contributed by atoms with Crippen molar-refractivity contribution in [3.63, 3.8) is 0 Å². The molecule has 2 aromatic carbocycles. The smallest absolute Gasteiger partial charge is 0.245 e. The van der Waals surface area contributed by atoms with E-state index in [1.54, 1.807) is 0 Å². The van der Waals surface area contributed by atoms with Gasteiger partial charge in [-0.1, -0.05) is 67.3 Å². The molecule has 7 nitrogen and oxygen atoms in total. The summed E-state index contributed by atoms with van der Waals surface area (Å²) in [5.41, 5.74) is 3.59. The van der Waals surface area contributed by atoms with Crippen molar-refractivity contribution in [3.8, 4) is 0 Å². The highest BCUT2D eigenvalue weighted by molar-refractivity contribution is 6.30. The van der Waals surface area contributed by atoms with Crippen molar-refractivity contribution in [1.29, 1.82) is 0 Å². The second-order valence-electron chi connectivity index (χ2n) is 13.9. The molecule has 1 unspecified atom stereocenters. The summed E-state index contributed by atoms with van der Waals surface area (Å²) < 4.78 is 0. The van der Waals surface area contributed by atoms with Gasteiger partial charge in [0.1, 0.15) is 6.04 Å². The molecule has 3 fully saturated rings. The molecule has 6 rings (SSSR count). The van der Waals surface area contributed by atoms with E-state index in [0.717, 1.165) is 31.1 Å². The van der Waals surface area contributed by atoms with Crippen molar-refractivity contribution in [1.82, 2.24) is 25.3 Å². The Kier molecular flexibility index (Phi) is 10.3. The molecule has 238 valence electrons. The summed E-state index contributed by atoms with van der Waals surface area (Å²) in [6.45, 7) is 10.0. The largest absolute Gasteiger partial charge is 0.344 e. The van der Waals surface area contributed by atoms with Crippen LogP contribution in [0.15, 0.2) is 48.5 Å². The van der Waals surface area contributed by atoms with Gasteiger partial charge in [0.15, 0.2) is 0 Å². The van der Waals surface area contributed by atoms with Crippen molar-refractivity contribution < 1.29 is 9.59 Å². The first kappa shape index (κ1) is 31.5. The lowest BCUT2D eigenvalue weighted by molar-refractivity contribution is -0.139. The Morgan fingerprint density at radius 3 is 2.39 bits per heavy atom. The number of likely N-dealkylation sites (tertiary alicyclic amines) is 1. The lowest BCUT2D eigenvalue weighted by Crippen LogP contribution is -2.62. The summed E-state index contributed by atoms with van der Waals surface area (Å²) in [7, 11) is 0. The number of amides is 2. The fourth-order valence-corrected chi connectivity index (χ4v) is 8.14. The highest BCUT2D eigenvalue weighted by Crippen LogP contribution is 2.32. The topological polar surface area (TPSA) is 67.9 Å². The summed E-state index contributed by atoms with van der Waals surface area (Å²) in [5, 5.41) is 7.25.